The van der Waals surface area contributed by atoms with Gasteiger partial charge in [0.15, 0.2) is 0 Å². The van der Waals surface area contributed by atoms with Crippen molar-refractivity contribution in [1.82, 2.24) is 4.31 Å². The first-order valence-electron chi connectivity index (χ1n) is 11.9. The van der Waals surface area contributed by atoms with E-state index in [2.05, 4.69) is 10.0 Å². The molecule has 3 aromatic rings. The van der Waals surface area contributed by atoms with Gasteiger partial charge in [-0.25, -0.2) is 21.1 Å². The van der Waals surface area contributed by atoms with Gasteiger partial charge in [0, 0.05) is 35.4 Å². The SMILES string of the molecule is COc1ccc(NS(=O)(=O)c2ccc(NC(=O)C3CCN(S(=O)(=O)Cc4ccccc4Cl)CC3)cc2)cc1. The quantitative estimate of drug-likeness (QED) is 0.390. The van der Waals surface area contributed by atoms with Crippen molar-refractivity contribution in [3.63, 3.8) is 0 Å². The van der Waals surface area contributed by atoms with Crippen LogP contribution in [-0.4, -0.2) is 47.2 Å². The fourth-order valence-corrected chi connectivity index (χ4v) is 7.07. The average molecular weight is 578 g/mol. The van der Waals surface area contributed by atoms with Crippen LogP contribution in [0.4, 0.5) is 11.4 Å². The van der Waals surface area contributed by atoms with Crippen LogP contribution >= 0.6 is 11.6 Å². The predicted molar refractivity (Wildman–Crippen MR) is 147 cm³/mol. The van der Waals surface area contributed by atoms with E-state index in [1.54, 1.807) is 48.5 Å². The number of anilines is 2. The lowest BCUT2D eigenvalue weighted by molar-refractivity contribution is -0.120. The minimum absolute atomic E-state index is 0.0448. The number of amides is 1. The zero-order valence-corrected chi connectivity index (χ0v) is 23.0. The molecule has 0 unspecified atom stereocenters. The fraction of sp³-hybridized carbons (Fsp3) is 0.269. The molecule has 1 saturated heterocycles. The van der Waals surface area contributed by atoms with E-state index in [4.69, 9.17) is 16.3 Å². The summed E-state index contributed by atoms with van der Waals surface area (Å²) < 4.78 is 60.0. The normalized spacial score (nSPS) is 15.1. The van der Waals surface area contributed by atoms with E-state index >= 15 is 0 Å². The lowest BCUT2D eigenvalue weighted by Crippen LogP contribution is -2.41. The summed E-state index contributed by atoms with van der Waals surface area (Å²) in [6, 6.07) is 19.2. The third-order valence-electron chi connectivity index (χ3n) is 6.29. The van der Waals surface area contributed by atoms with Gasteiger partial charge in [-0.1, -0.05) is 29.8 Å². The van der Waals surface area contributed by atoms with E-state index in [9.17, 15) is 21.6 Å². The number of rotatable bonds is 9. The zero-order chi connectivity index (χ0) is 27.3. The van der Waals surface area contributed by atoms with Gasteiger partial charge in [0.25, 0.3) is 10.0 Å². The molecule has 2 N–H and O–H groups in total. The van der Waals surface area contributed by atoms with Crippen LogP contribution in [0.1, 0.15) is 18.4 Å². The van der Waals surface area contributed by atoms with Crippen molar-refractivity contribution in [1.29, 1.82) is 0 Å². The number of hydrogen-bond acceptors (Lipinski definition) is 6. The number of nitrogens with zero attached hydrogens (tertiary/aromatic N) is 1. The van der Waals surface area contributed by atoms with Crippen molar-refractivity contribution in [3.05, 3.63) is 83.4 Å². The minimum Gasteiger partial charge on any atom is -0.497 e. The minimum atomic E-state index is -3.82. The van der Waals surface area contributed by atoms with Crippen molar-refractivity contribution in [2.24, 2.45) is 5.92 Å². The molecule has 12 heteroatoms. The van der Waals surface area contributed by atoms with E-state index in [-0.39, 0.29) is 35.6 Å². The molecule has 0 atom stereocenters. The monoisotopic (exact) mass is 577 g/mol. The number of halogens is 1. The Kier molecular flexibility index (Phi) is 8.61. The Balaban J connectivity index is 1.31. The number of nitrogens with one attached hydrogen (secondary N) is 2. The number of ether oxygens (including phenoxy) is 1. The van der Waals surface area contributed by atoms with E-state index in [1.165, 1.54) is 35.7 Å². The van der Waals surface area contributed by atoms with Crippen LogP contribution in [0.25, 0.3) is 0 Å². The molecule has 1 amide bonds. The molecule has 0 aliphatic carbocycles. The molecular formula is C26H28ClN3O6S2. The summed E-state index contributed by atoms with van der Waals surface area (Å²) in [4.78, 5) is 12.8. The molecule has 0 radical (unpaired) electrons. The highest BCUT2D eigenvalue weighted by atomic mass is 35.5. The van der Waals surface area contributed by atoms with Crippen molar-refractivity contribution in [3.8, 4) is 5.75 Å². The number of sulfonamides is 2. The Morgan fingerprint density at radius 1 is 0.921 bits per heavy atom. The molecular weight excluding hydrogens is 550 g/mol. The van der Waals surface area contributed by atoms with Crippen LogP contribution in [0.2, 0.25) is 5.02 Å². The van der Waals surface area contributed by atoms with Crippen LogP contribution < -0.4 is 14.8 Å². The third-order valence-corrected chi connectivity index (χ3v) is 9.88. The Hall–Kier alpha value is -3.12. The number of carbonyl (C=O) groups excluding carboxylic acids is 1. The van der Waals surface area contributed by atoms with Crippen molar-refractivity contribution in [2.45, 2.75) is 23.5 Å². The van der Waals surface area contributed by atoms with Gasteiger partial charge >= 0.3 is 0 Å². The van der Waals surface area contributed by atoms with Gasteiger partial charge in [0.2, 0.25) is 15.9 Å². The molecule has 1 aliphatic heterocycles. The molecule has 1 fully saturated rings. The van der Waals surface area contributed by atoms with Crippen LogP contribution in [0, 0.1) is 5.92 Å². The predicted octanol–water partition coefficient (Wildman–Crippen LogP) is 4.33. The van der Waals surface area contributed by atoms with Crippen LogP contribution in [0.5, 0.6) is 5.75 Å². The zero-order valence-electron chi connectivity index (χ0n) is 20.6. The van der Waals surface area contributed by atoms with Gasteiger partial charge in [-0.2, -0.15) is 0 Å². The second kappa shape index (κ2) is 11.7. The van der Waals surface area contributed by atoms with Gasteiger partial charge in [-0.3, -0.25) is 9.52 Å². The first-order chi connectivity index (χ1) is 18.1. The Bertz CT molecular complexity index is 1490. The van der Waals surface area contributed by atoms with Crippen molar-refractivity contribution in [2.75, 3.05) is 30.2 Å². The van der Waals surface area contributed by atoms with Gasteiger partial charge < -0.3 is 10.1 Å². The average Bonchev–Trinajstić information content (AvgIpc) is 2.90. The fourth-order valence-electron chi connectivity index (χ4n) is 4.13. The lowest BCUT2D eigenvalue weighted by Gasteiger charge is -2.30. The molecule has 202 valence electrons. The number of carbonyl (C=O) groups is 1. The maximum atomic E-state index is 12.8. The molecule has 0 aromatic heterocycles. The van der Waals surface area contributed by atoms with Gasteiger partial charge in [0.1, 0.15) is 5.75 Å². The van der Waals surface area contributed by atoms with E-state index in [0.29, 0.717) is 40.6 Å². The summed E-state index contributed by atoms with van der Waals surface area (Å²) in [5.41, 5.74) is 1.38. The second-order valence-electron chi connectivity index (χ2n) is 8.87. The molecule has 1 heterocycles. The summed E-state index contributed by atoms with van der Waals surface area (Å²) in [7, 11) is -5.86. The highest BCUT2D eigenvalue weighted by Gasteiger charge is 2.31. The maximum absolute atomic E-state index is 12.8. The molecule has 38 heavy (non-hydrogen) atoms. The highest BCUT2D eigenvalue weighted by molar-refractivity contribution is 7.92. The summed E-state index contributed by atoms with van der Waals surface area (Å²) in [6.45, 7) is 0.470. The van der Waals surface area contributed by atoms with Crippen LogP contribution in [-0.2, 0) is 30.6 Å². The second-order valence-corrected chi connectivity index (χ2v) is 12.9. The van der Waals surface area contributed by atoms with Crippen LogP contribution in [0.15, 0.2) is 77.7 Å². The van der Waals surface area contributed by atoms with Crippen LogP contribution in [0.3, 0.4) is 0 Å². The number of benzene rings is 3. The summed E-state index contributed by atoms with van der Waals surface area (Å²) in [5, 5.41) is 3.20. The third kappa shape index (κ3) is 6.84. The maximum Gasteiger partial charge on any atom is 0.261 e. The first kappa shape index (κ1) is 27.9. The molecule has 0 bridgehead atoms. The number of methoxy groups -OCH3 is 1. The standard InChI is InChI=1S/C26H28ClN3O6S2/c1-36-23-10-6-22(7-11-23)29-38(34,35)24-12-8-21(9-13-24)28-26(31)19-14-16-30(17-15-19)37(32,33)18-20-4-2-3-5-25(20)27/h2-13,19,29H,14-18H2,1H3,(H,28,31). The Labute approximate surface area is 227 Å². The molecule has 1 aliphatic rings. The summed E-state index contributed by atoms with van der Waals surface area (Å²) in [5.74, 6) is -0.175. The number of piperidine rings is 1. The summed E-state index contributed by atoms with van der Waals surface area (Å²) >= 11 is 6.12. The van der Waals surface area contributed by atoms with Gasteiger partial charge in [-0.05, 0) is 73.0 Å². The molecule has 3 aromatic carbocycles. The van der Waals surface area contributed by atoms with Gasteiger partial charge in [0.05, 0.1) is 17.8 Å². The molecule has 9 nitrogen and oxygen atoms in total. The number of hydrogen-bond donors (Lipinski definition) is 2. The Morgan fingerprint density at radius 2 is 1.53 bits per heavy atom. The van der Waals surface area contributed by atoms with E-state index in [0.717, 1.165) is 0 Å². The Morgan fingerprint density at radius 3 is 2.13 bits per heavy atom. The molecule has 0 saturated carbocycles. The van der Waals surface area contributed by atoms with Gasteiger partial charge in [-0.15, -0.1) is 0 Å². The van der Waals surface area contributed by atoms with E-state index in [1.807, 2.05) is 0 Å². The summed E-state index contributed by atoms with van der Waals surface area (Å²) in [6.07, 6.45) is 0.762. The lowest BCUT2D eigenvalue weighted by atomic mass is 9.97. The van der Waals surface area contributed by atoms with Crippen molar-refractivity contribution >= 4 is 48.9 Å². The van der Waals surface area contributed by atoms with Crippen molar-refractivity contribution < 1.29 is 26.4 Å². The molecule has 4 rings (SSSR count). The smallest absolute Gasteiger partial charge is 0.261 e. The first-order valence-corrected chi connectivity index (χ1v) is 15.3. The molecule has 0 spiro atoms. The largest absolute Gasteiger partial charge is 0.497 e. The topological polar surface area (TPSA) is 122 Å². The van der Waals surface area contributed by atoms with E-state index < -0.39 is 20.0 Å². The highest BCUT2D eigenvalue weighted by Crippen LogP contribution is 2.26.